The van der Waals surface area contributed by atoms with Gasteiger partial charge >= 0.3 is 0 Å². The summed E-state index contributed by atoms with van der Waals surface area (Å²) in [5.41, 5.74) is 2.96. The van der Waals surface area contributed by atoms with E-state index in [1.807, 2.05) is 45.0 Å². The monoisotopic (exact) mass is 701 g/mol. The van der Waals surface area contributed by atoms with Gasteiger partial charge in [-0.15, -0.1) is 24.8 Å². The number of hydrogen-bond donors (Lipinski definition) is 3. The van der Waals surface area contributed by atoms with Crippen LogP contribution in [0.2, 0.25) is 0 Å². The number of nitrogens with one attached hydrogen (secondary N) is 3. The SMILES string of the molecule is CN[C@@H](C)C(=O)N[C@H](C(=O)N1CCC[C@H]1C(=O)Cc1cc2c(Nc3ccc(N4CCCC4)cc3)ncnc2cc1OC)C(C)(C)C.Cl.Cl. The number of ketones is 1. The van der Waals surface area contributed by atoms with Crippen LogP contribution in [0.5, 0.6) is 5.75 Å². The lowest BCUT2D eigenvalue weighted by atomic mass is 9.85. The molecule has 2 aromatic carbocycles. The first-order chi connectivity index (χ1) is 22.0. The van der Waals surface area contributed by atoms with E-state index in [0.29, 0.717) is 42.0 Å². The zero-order valence-electron chi connectivity index (χ0n) is 28.7. The average Bonchev–Trinajstić information content (AvgIpc) is 3.76. The molecule has 2 aliphatic rings. The van der Waals surface area contributed by atoms with Crippen molar-refractivity contribution in [3.8, 4) is 5.75 Å². The number of likely N-dealkylation sites (tertiary alicyclic amines) is 1. The third-order valence-electron chi connectivity index (χ3n) is 9.14. The lowest BCUT2D eigenvalue weighted by Crippen LogP contribution is -2.58. The number of amides is 2. The van der Waals surface area contributed by atoms with Crippen LogP contribution in [-0.2, 0) is 20.8 Å². The highest BCUT2D eigenvalue weighted by Crippen LogP contribution is 2.33. The second-order valence-electron chi connectivity index (χ2n) is 13.4. The number of aromatic nitrogens is 2. The number of halogens is 2. The van der Waals surface area contributed by atoms with Crippen LogP contribution in [0.1, 0.15) is 58.9 Å². The van der Waals surface area contributed by atoms with Crippen LogP contribution in [0.25, 0.3) is 10.9 Å². The molecule has 11 nitrogen and oxygen atoms in total. The number of carbonyl (C=O) groups is 3. The van der Waals surface area contributed by atoms with Gasteiger partial charge in [0.1, 0.15) is 23.9 Å². The first-order valence-electron chi connectivity index (χ1n) is 16.2. The van der Waals surface area contributed by atoms with Crippen LogP contribution in [0.3, 0.4) is 0 Å². The molecule has 1 aromatic heterocycles. The Kier molecular flexibility index (Phi) is 13.4. The highest BCUT2D eigenvalue weighted by atomic mass is 35.5. The van der Waals surface area contributed by atoms with E-state index in [1.54, 1.807) is 26.0 Å². The van der Waals surface area contributed by atoms with Crippen molar-refractivity contribution < 1.29 is 19.1 Å². The molecule has 3 aromatic rings. The van der Waals surface area contributed by atoms with Crippen molar-refractivity contribution in [1.29, 1.82) is 0 Å². The number of benzene rings is 2. The van der Waals surface area contributed by atoms with Crippen molar-refractivity contribution >= 4 is 70.5 Å². The molecule has 5 rings (SSSR count). The molecule has 0 aliphatic carbocycles. The van der Waals surface area contributed by atoms with E-state index in [9.17, 15) is 14.4 Å². The zero-order chi connectivity index (χ0) is 33.0. The summed E-state index contributed by atoms with van der Waals surface area (Å²) >= 11 is 0. The normalized spacial score (nSPS) is 17.2. The molecule has 2 aliphatic heterocycles. The van der Waals surface area contributed by atoms with Crippen molar-refractivity contribution in [3.63, 3.8) is 0 Å². The average molecular weight is 703 g/mol. The molecule has 2 saturated heterocycles. The summed E-state index contributed by atoms with van der Waals surface area (Å²) in [5, 5.41) is 10.0. The van der Waals surface area contributed by atoms with E-state index in [2.05, 4.69) is 43.0 Å². The van der Waals surface area contributed by atoms with E-state index in [0.717, 1.165) is 24.2 Å². The Morgan fingerprint density at radius 1 is 1.00 bits per heavy atom. The number of carbonyl (C=O) groups excluding carboxylic acids is 3. The van der Waals surface area contributed by atoms with Crippen LogP contribution < -0.4 is 25.6 Å². The van der Waals surface area contributed by atoms with Crippen LogP contribution in [0, 0.1) is 5.41 Å². The Labute approximate surface area is 295 Å². The molecule has 0 spiro atoms. The minimum absolute atomic E-state index is 0. The Morgan fingerprint density at radius 2 is 1.69 bits per heavy atom. The van der Waals surface area contributed by atoms with Gasteiger partial charge in [0.05, 0.1) is 24.7 Å². The summed E-state index contributed by atoms with van der Waals surface area (Å²) in [7, 11) is 3.28. The Balaban J connectivity index is 0.00000312. The fourth-order valence-electron chi connectivity index (χ4n) is 6.31. The molecule has 0 bridgehead atoms. The topological polar surface area (TPSA) is 129 Å². The van der Waals surface area contributed by atoms with Gasteiger partial charge in [-0.05, 0) is 75.4 Å². The van der Waals surface area contributed by atoms with Crippen LogP contribution in [0.15, 0.2) is 42.7 Å². The summed E-state index contributed by atoms with van der Waals surface area (Å²) < 4.78 is 5.70. The van der Waals surface area contributed by atoms with Gasteiger partial charge in [0.25, 0.3) is 0 Å². The zero-order valence-corrected chi connectivity index (χ0v) is 30.3. The summed E-state index contributed by atoms with van der Waals surface area (Å²) in [6.07, 6.45) is 5.33. The first-order valence-corrected chi connectivity index (χ1v) is 16.2. The predicted molar refractivity (Wildman–Crippen MR) is 195 cm³/mol. The number of nitrogens with zero attached hydrogens (tertiary/aromatic N) is 4. The number of anilines is 3. The Bertz CT molecular complexity index is 1580. The smallest absolute Gasteiger partial charge is 0.246 e. The van der Waals surface area contributed by atoms with Crippen molar-refractivity contribution in [2.24, 2.45) is 5.41 Å². The van der Waals surface area contributed by atoms with E-state index in [4.69, 9.17) is 4.74 Å². The van der Waals surface area contributed by atoms with E-state index in [1.165, 1.54) is 24.9 Å². The quantitative estimate of drug-likeness (QED) is 0.251. The van der Waals surface area contributed by atoms with Gasteiger partial charge in [-0.1, -0.05) is 20.8 Å². The number of likely N-dealkylation sites (N-methyl/N-ethyl adjacent to an activating group) is 1. The lowest BCUT2D eigenvalue weighted by molar-refractivity contribution is -0.143. The standard InChI is InChI=1S/C35H47N7O4.2ClH/c1-22(36-5)33(44)40-31(35(2,3)4)34(45)42-17-9-10-28(42)29(43)19-23-18-26-27(20-30(23)46-6)37-21-38-32(26)39-24-11-13-25(14-12-24)41-15-7-8-16-41;;/h11-14,18,20-22,28,31,36H,7-10,15-17,19H2,1-6H3,(H,40,44)(H,37,38,39);2*1H/t22-,28-,31+;;/m0../s1. The highest BCUT2D eigenvalue weighted by Gasteiger charge is 2.42. The fourth-order valence-corrected chi connectivity index (χ4v) is 6.31. The molecule has 2 amide bonds. The number of fused-ring (bicyclic) bond motifs is 1. The van der Waals surface area contributed by atoms with Gasteiger partial charge in [0.15, 0.2) is 5.78 Å². The minimum Gasteiger partial charge on any atom is -0.496 e. The van der Waals surface area contributed by atoms with Gasteiger partial charge in [-0.3, -0.25) is 14.4 Å². The number of rotatable bonds is 11. The van der Waals surface area contributed by atoms with Gasteiger partial charge in [-0.2, -0.15) is 0 Å². The van der Waals surface area contributed by atoms with E-state index in [-0.39, 0.29) is 48.8 Å². The molecule has 0 radical (unpaired) electrons. The van der Waals surface area contributed by atoms with Crippen molar-refractivity contribution in [2.75, 3.05) is 44.0 Å². The molecule has 13 heteroatoms. The maximum absolute atomic E-state index is 13.9. The summed E-state index contributed by atoms with van der Waals surface area (Å²) in [6.45, 7) is 10.1. The Hall–Kier alpha value is -3.67. The summed E-state index contributed by atoms with van der Waals surface area (Å²) in [6, 6.07) is 10.3. The van der Waals surface area contributed by atoms with Gasteiger partial charge in [0, 0.05) is 54.4 Å². The van der Waals surface area contributed by atoms with Gasteiger partial charge in [-0.25, -0.2) is 9.97 Å². The van der Waals surface area contributed by atoms with E-state index >= 15 is 0 Å². The number of hydrogen-bond acceptors (Lipinski definition) is 9. The maximum Gasteiger partial charge on any atom is 0.246 e. The van der Waals surface area contributed by atoms with Gasteiger partial charge in [0.2, 0.25) is 11.8 Å². The molecule has 3 N–H and O–H groups in total. The highest BCUT2D eigenvalue weighted by molar-refractivity contribution is 5.97. The molecule has 0 saturated carbocycles. The number of methoxy groups -OCH3 is 1. The second kappa shape index (κ2) is 16.6. The first kappa shape index (κ1) is 38.8. The maximum atomic E-state index is 13.9. The Morgan fingerprint density at radius 3 is 2.31 bits per heavy atom. The molecule has 0 unspecified atom stereocenters. The molecule has 3 atom stereocenters. The molecule has 48 heavy (non-hydrogen) atoms. The molecular weight excluding hydrogens is 653 g/mol. The largest absolute Gasteiger partial charge is 0.496 e. The second-order valence-corrected chi connectivity index (χ2v) is 13.4. The van der Waals surface area contributed by atoms with Crippen molar-refractivity contribution in [2.45, 2.75) is 77.9 Å². The lowest BCUT2D eigenvalue weighted by Gasteiger charge is -2.36. The van der Waals surface area contributed by atoms with Crippen LogP contribution >= 0.6 is 24.8 Å². The summed E-state index contributed by atoms with van der Waals surface area (Å²) in [5.74, 6) is 0.619. The van der Waals surface area contributed by atoms with Gasteiger partial charge < -0.3 is 30.5 Å². The third-order valence-corrected chi connectivity index (χ3v) is 9.14. The van der Waals surface area contributed by atoms with E-state index < -0.39 is 23.5 Å². The third kappa shape index (κ3) is 8.67. The molecule has 2 fully saturated rings. The molecule has 262 valence electrons. The minimum atomic E-state index is -0.769. The van der Waals surface area contributed by atoms with Crippen LogP contribution in [0.4, 0.5) is 17.2 Å². The molecular formula is C35H49Cl2N7O4. The fraction of sp³-hybridized carbons (Fsp3) is 0.514. The van der Waals surface area contributed by atoms with Crippen molar-refractivity contribution in [3.05, 3.63) is 48.3 Å². The number of Topliss-reactive ketones (excluding diaryl/α,β-unsaturated/α-hetero) is 1. The van der Waals surface area contributed by atoms with Crippen molar-refractivity contribution in [1.82, 2.24) is 25.5 Å². The molecule has 3 heterocycles. The number of ether oxygens (including phenoxy) is 1. The van der Waals surface area contributed by atoms with Crippen LogP contribution in [-0.4, -0.2) is 84.4 Å². The predicted octanol–water partition coefficient (Wildman–Crippen LogP) is 5.07. The summed E-state index contributed by atoms with van der Waals surface area (Å²) in [4.78, 5) is 53.6.